The molecule has 2 rings (SSSR count). The van der Waals surface area contributed by atoms with Gasteiger partial charge in [-0.1, -0.05) is 35.5 Å². The largest absolute Gasteiger partial charge is 0.360 e. The van der Waals surface area contributed by atoms with Crippen LogP contribution in [0, 0.1) is 6.92 Å². The molecule has 1 heterocycles. The minimum atomic E-state index is -0.508. The van der Waals surface area contributed by atoms with Gasteiger partial charge in [-0.15, -0.1) is 0 Å². The highest BCUT2D eigenvalue weighted by molar-refractivity contribution is 5.91. The van der Waals surface area contributed by atoms with Crippen LogP contribution in [-0.2, 0) is 11.2 Å². The summed E-state index contributed by atoms with van der Waals surface area (Å²) in [5.74, 6) is 0.649. The molecule has 0 aliphatic carbocycles. The molecule has 0 unspecified atom stereocenters. The summed E-state index contributed by atoms with van der Waals surface area (Å²) in [6.45, 7) is 2.14. The molecule has 0 saturated heterocycles. The molecule has 7 heteroatoms. The van der Waals surface area contributed by atoms with Crippen molar-refractivity contribution in [1.29, 1.82) is 0 Å². The molecule has 0 spiro atoms. The summed E-state index contributed by atoms with van der Waals surface area (Å²) in [7, 11) is 0. The van der Waals surface area contributed by atoms with Gasteiger partial charge in [0, 0.05) is 12.6 Å². The molecule has 1 aromatic carbocycles. The van der Waals surface area contributed by atoms with Crippen molar-refractivity contribution in [2.75, 3.05) is 18.4 Å². The lowest BCUT2D eigenvalue weighted by atomic mass is 10.1. The van der Waals surface area contributed by atoms with Crippen molar-refractivity contribution in [1.82, 2.24) is 15.8 Å². The third-order valence-corrected chi connectivity index (χ3v) is 2.86. The molecular formula is C15H18N4O3. The molecule has 0 saturated carbocycles. The summed E-state index contributed by atoms with van der Waals surface area (Å²) in [5.41, 5.74) is 1.15. The van der Waals surface area contributed by atoms with Crippen LogP contribution < -0.4 is 16.0 Å². The number of nitrogens with zero attached hydrogens (tertiary/aromatic N) is 1. The zero-order valence-electron chi connectivity index (χ0n) is 12.3. The van der Waals surface area contributed by atoms with Crippen LogP contribution in [0.3, 0.4) is 0 Å². The minimum absolute atomic E-state index is 0.0997. The summed E-state index contributed by atoms with van der Waals surface area (Å²) in [4.78, 5) is 23.1. The highest BCUT2D eigenvalue weighted by Gasteiger charge is 2.07. The fraction of sp³-hybridized carbons (Fsp3) is 0.267. The third-order valence-electron chi connectivity index (χ3n) is 2.86. The van der Waals surface area contributed by atoms with E-state index < -0.39 is 6.03 Å². The van der Waals surface area contributed by atoms with Crippen LogP contribution in [0.5, 0.6) is 0 Å². The number of carbonyl (C=O) groups excluding carboxylic acids is 2. The number of urea groups is 1. The molecule has 0 aliphatic rings. The van der Waals surface area contributed by atoms with E-state index in [2.05, 4.69) is 21.1 Å². The molecule has 0 fully saturated rings. The molecule has 116 valence electrons. The summed E-state index contributed by atoms with van der Waals surface area (Å²) in [6.07, 6.45) is 0.747. The zero-order chi connectivity index (χ0) is 15.8. The Hall–Kier alpha value is -2.83. The smallest absolute Gasteiger partial charge is 0.320 e. The Morgan fingerprint density at radius 1 is 1.18 bits per heavy atom. The second-order valence-electron chi connectivity index (χ2n) is 4.72. The number of hydrogen-bond donors (Lipinski definition) is 3. The lowest BCUT2D eigenvalue weighted by molar-refractivity contribution is -0.120. The molecule has 0 aliphatic heterocycles. The Bertz CT molecular complexity index is 625. The number of carbonyl (C=O) groups is 2. The molecule has 22 heavy (non-hydrogen) atoms. The number of hydrogen-bond acceptors (Lipinski definition) is 4. The second kappa shape index (κ2) is 7.82. The van der Waals surface area contributed by atoms with Crippen molar-refractivity contribution in [3.8, 4) is 0 Å². The Kier molecular flexibility index (Phi) is 5.53. The zero-order valence-corrected chi connectivity index (χ0v) is 12.3. The maximum absolute atomic E-state index is 11.6. The fourth-order valence-corrected chi connectivity index (χ4v) is 1.80. The van der Waals surface area contributed by atoms with Crippen molar-refractivity contribution in [2.24, 2.45) is 0 Å². The second-order valence-corrected chi connectivity index (χ2v) is 4.72. The van der Waals surface area contributed by atoms with Crippen LogP contribution in [0.1, 0.15) is 11.3 Å². The van der Waals surface area contributed by atoms with Crippen molar-refractivity contribution in [3.63, 3.8) is 0 Å². The van der Waals surface area contributed by atoms with Crippen LogP contribution in [0.4, 0.5) is 10.6 Å². The first-order valence-electron chi connectivity index (χ1n) is 6.92. The van der Waals surface area contributed by atoms with Gasteiger partial charge < -0.3 is 15.2 Å². The van der Waals surface area contributed by atoms with E-state index in [1.807, 2.05) is 30.3 Å². The van der Waals surface area contributed by atoms with E-state index in [0.29, 0.717) is 18.1 Å². The predicted octanol–water partition coefficient (Wildman–Crippen LogP) is 1.46. The standard InChI is InChI=1S/C15H18N4O3/c1-11-9-13(19-22-11)18-15(21)17-10-14(20)16-8-7-12-5-3-2-4-6-12/h2-6,9H,7-8,10H2,1H3,(H,16,20)(H2,17,18,19,21). The lowest BCUT2D eigenvalue weighted by Gasteiger charge is -2.07. The maximum Gasteiger partial charge on any atom is 0.320 e. The first-order chi connectivity index (χ1) is 10.6. The Labute approximate surface area is 128 Å². The van der Waals surface area contributed by atoms with E-state index in [-0.39, 0.29) is 12.5 Å². The van der Waals surface area contributed by atoms with E-state index in [1.54, 1.807) is 13.0 Å². The first kappa shape index (κ1) is 15.6. The molecule has 1 aromatic heterocycles. The fourth-order valence-electron chi connectivity index (χ4n) is 1.80. The summed E-state index contributed by atoms with van der Waals surface area (Å²) in [5, 5.41) is 11.3. The monoisotopic (exact) mass is 302 g/mol. The average Bonchev–Trinajstić information content (AvgIpc) is 2.91. The van der Waals surface area contributed by atoms with Crippen molar-refractivity contribution >= 4 is 17.8 Å². The molecule has 3 N–H and O–H groups in total. The molecule has 7 nitrogen and oxygen atoms in total. The van der Waals surface area contributed by atoms with Gasteiger partial charge in [0.15, 0.2) is 5.82 Å². The van der Waals surface area contributed by atoms with E-state index in [0.717, 1.165) is 12.0 Å². The SMILES string of the molecule is Cc1cc(NC(=O)NCC(=O)NCCc2ccccc2)no1. The quantitative estimate of drug-likeness (QED) is 0.752. The van der Waals surface area contributed by atoms with E-state index >= 15 is 0 Å². The Morgan fingerprint density at radius 3 is 2.64 bits per heavy atom. The van der Waals surface area contributed by atoms with Crippen LogP contribution in [0.15, 0.2) is 40.9 Å². The lowest BCUT2D eigenvalue weighted by Crippen LogP contribution is -2.39. The van der Waals surface area contributed by atoms with E-state index in [1.165, 1.54) is 0 Å². The van der Waals surface area contributed by atoms with Gasteiger partial charge in [-0.3, -0.25) is 10.1 Å². The highest BCUT2D eigenvalue weighted by Crippen LogP contribution is 2.06. The molecule has 0 radical (unpaired) electrons. The van der Waals surface area contributed by atoms with Gasteiger partial charge in [0.25, 0.3) is 0 Å². The number of aryl methyl sites for hydroxylation is 1. The van der Waals surface area contributed by atoms with Crippen LogP contribution in [0.25, 0.3) is 0 Å². The predicted molar refractivity (Wildman–Crippen MR) is 81.4 cm³/mol. The van der Waals surface area contributed by atoms with Gasteiger partial charge in [0.1, 0.15) is 5.76 Å². The number of amides is 3. The molecule has 0 bridgehead atoms. The first-order valence-corrected chi connectivity index (χ1v) is 6.92. The van der Waals surface area contributed by atoms with Crippen molar-refractivity contribution < 1.29 is 14.1 Å². The number of benzene rings is 1. The number of aromatic nitrogens is 1. The van der Waals surface area contributed by atoms with E-state index in [4.69, 9.17) is 4.52 Å². The summed E-state index contributed by atoms with van der Waals surface area (Å²) in [6, 6.07) is 10.9. The number of nitrogens with one attached hydrogen (secondary N) is 3. The van der Waals surface area contributed by atoms with Gasteiger partial charge in [0.05, 0.1) is 6.54 Å². The Morgan fingerprint density at radius 2 is 1.95 bits per heavy atom. The average molecular weight is 302 g/mol. The normalized spacial score (nSPS) is 10.0. The topological polar surface area (TPSA) is 96.3 Å². The minimum Gasteiger partial charge on any atom is -0.360 e. The maximum atomic E-state index is 11.6. The number of rotatable bonds is 6. The van der Waals surface area contributed by atoms with Crippen molar-refractivity contribution in [3.05, 3.63) is 47.7 Å². The number of anilines is 1. The summed E-state index contributed by atoms with van der Waals surface area (Å²) < 4.78 is 4.81. The molecule has 0 atom stereocenters. The highest BCUT2D eigenvalue weighted by atomic mass is 16.5. The van der Waals surface area contributed by atoms with Gasteiger partial charge in [-0.2, -0.15) is 0 Å². The van der Waals surface area contributed by atoms with Gasteiger partial charge in [-0.25, -0.2) is 4.79 Å². The Balaban J connectivity index is 1.62. The molecule has 2 aromatic rings. The molecule has 3 amide bonds. The van der Waals surface area contributed by atoms with Gasteiger partial charge in [0.2, 0.25) is 5.91 Å². The molecular weight excluding hydrogens is 284 g/mol. The van der Waals surface area contributed by atoms with E-state index in [9.17, 15) is 9.59 Å². The van der Waals surface area contributed by atoms with Gasteiger partial charge in [-0.05, 0) is 18.9 Å². The van der Waals surface area contributed by atoms with Crippen LogP contribution in [-0.4, -0.2) is 30.2 Å². The van der Waals surface area contributed by atoms with Crippen LogP contribution >= 0.6 is 0 Å². The van der Waals surface area contributed by atoms with Crippen LogP contribution in [0.2, 0.25) is 0 Å². The van der Waals surface area contributed by atoms with Gasteiger partial charge >= 0.3 is 6.03 Å². The third kappa shape index (κ3) is 5.28. The van der Waals surface area contributed by atoms with Crippen molar-refractivity contribution in [2.45, 2.75) is 13.3 Å². The summed E-state index contributed by atoms with van der Waals surface area (Å²) >= 11 is 0.